The molecule has 0 amide bonds. The van der Waals surface area contributed by atoms with Crippen LogP contribution in [-0.4, -0.2) is 30.3 Å². The van der Waals surface area contributed by atoms with Gasteiger partial charge in [-0.25, -0.2) is 0 Å². The van der Waals surface area contributed by atoms with Crippen molar-refractivity contribution < 1.29 is 4.79 Å². The van der Waals surface area contributed by atoms with Crippen molar-refractivity contribution in [3.63, 3.8) is 0 Å². The van der Waals surface area contributed by atoms with E-state index in [4.69, 9.17) is 0 Å². The molecule has 0 fully saturated rings. The minimum absolute atomic E-state index is 0.0356. The van der Waals surface area contributed by atoms with Crippen molar-refractivity contribution >= 4 is 23.2 Å². The van der Waals surface area contributed by atoms with Crippen molar-refractivity contribution in [2.75, 3.05) is 19.6 Å². The number of nitrogens with zero attached hydrogens (tertiary/aromatic N) is 1. The lowest BCUT2D eigenvalue weighted by Gasteiger charge is -2.17. The highest BCUT2D eigenvalue weighted by atomic mass is 32.1. The minimum Gasteiger partial charge on any atom is -0.300 e. The monoisotopic (exact) mass is 419 g/mol. The summed E-state index contributed by atoms with van der Waals surface area (Å²) in [5, 5.41) is 4.22. The van der Waals surface area contributed by atoms with Crippen LogP contribution in [0.15, 0.2) is 59.3 Å². The largest absolute Gasteiger partial charge is 0.300 e. The van der Waals surface area contributed by atoms with Crippen LogP contribution < -0.4 is 0 Å². The molecule has 0 spiro atoms. The van der Waals surface area contributed by atoms with Crippen molar-refractivity contribution in [2.45, 2.75) is 40.5 Å². The van der Waals surface area contributed by atoms with Crippen molar-refractivity contribution in [3.05, 3.63) is 64.9 Å². The molecule has 1 aromatic heterocycles. The van der Waals surface area contributed by atoms with Crippen molar-refractivity contribution in [1.82, 2.24) is 4.90 Å². The molecule has 0 atom stereocenters. The van der Waals surface area contributed by atoms with E-state index in [1.807, 2.05) is 24.3 Å². The Kier molecular flexibility index (Phi) is 9.80. The number of likely N-dealkylation sites (N-methyl/N-ethyl adjacent to an activating group) is 1. The van der Waals surface area contributed by atoms with E-state index in [2.05, 4.69) is 79.5 Å². The molecule has 0 saturated carbocycles. The van der Waals surface area contributed by atoms with Gasteiger partial charge in [-0.05, 0) is 92.0 Å². The number of carbonyl (C=O) groups excluding carboxylic acids is 1. The maximum absolute atomic E-state index is 12.3. The first-order chi connectivity index (χ1) is 14.4. The third kappa shape index (κ3) is 9.39. The van der Waals surface area contributed by atoms with Gasteiger partial charge < -0.3 is 0 Å². The van der Waals surface area contributed by atoms with Gasteiger partial charge in [0.1, 0.15) is 0 Å². The molecule has 2 nitrogen and oxygen atoms in total. The van der Waals surface area contributed by atoms with Crippen LogP contribution in [0.4, 0.5) is 0 Å². The second-order valence-electron chi connectivity index (χ2n) is 8.36. The molecule has 3 heteroatoms. The predicted molar refractivity (Wildman–Crippen MR) is 132 cm³/mol. The van der Waals surface area contributed by atoms with Crippen molar-refractivity contribution in [3.8, 4) is 23.0 Å². The highest BCUT2D eigenvalue weighted by molar-refractivity contribution is 7.08. The van der Waals surface area contributed by atoms with Crippen LogP contribution in [0.25, 0.3) is 17.2 Å². The number of carbonyl (C=O) groups is 1. The van der Waals surface area contributed by atoms with E-state index in [0.717, 1.165) is 31.6 Å². The molecular weight excluding hydrogens is 386 g/mol. The maximum Gasteiger partial charge on any atom is 0.155 e. The van der Waals surface area contributed by atoms with Crippen LogP contribution in [0.1, 0.15) is 46.1 Å². The lowest BCUT2D eigenvalue weighted by Crippen LogP contribution is -2.25. The fourth-order valence-corrected chi connectivity index (χ4v) is 3.56. The molecule has 0 unspecified atom stereocenters. The van der Waals surface area contributed by atoms with Gasteiger partial charge in [0.05, 0.1) is 0 Å². The molecule has 158 valence electrons. The Hall–Kier alpha value is -2.41. The van der Waals surface area contributed by atoms with E-state index >= 15 is 0 Å². The van der Waals surface area contributed by atoms with Crippen molar-refractivity contribution in [1.29, 1.82) is 0 Å². The quantitative estimate of drug-likeness (QED) is 0.315. The zero-order valence-electron chi connectivity index (χ0n) is 18.7. The Morgan fingerprint density at radius 1 is 1.20 bits per heavy atom. The number of rotatable bonds is 10. The van der Waals surface area contributed by atoms with Crippen LogP contribution in [0, 0.1) is 17.3 Å². The Bertz CT molecular complexity index is 904. The highest BCUT2D eigenvalue weighted by Crippen LogP contribution is 2.23. The van der Waals surface area contributed by atoms with Gasteiger partial charge in [-0.3, -0.25) is 9.69 Å². The molecule has 0 bridgehead atoms. The summed E-state index contributed by atoms with van der Waals surface area (Å²) in [5.74, 6) is 6.49. The van der Waals surface area contributed by atoms with Gasteiger partial charge in [0, 0.05) is 18.4 Å². The lowest BCUT2D eigenvalue weighted by molar-refractivity contribution is -0.114. The number of benzene rings is 1. The Balaban J connectivity index is 1.76. The average molecular weight is 420 g/mol. The van der Waals surface area contributed by atoms with E-state index in [1.165, 1.54) is 11.1 Å². The first-order valence-corrected chi connectivity index (χ1v) is 11.6. The fraction of sp³-hybridized carbons (Fsp3) is 0.370. The molecule has 1 heterocycles. The molecule has 0 aliphatic rings. The Morgan fingerprint density at radius 2 is 2.03 bits per heavy atom. The molecule has 0 radical (unpaired) electrons. The van der Waals surface area contributed by atoms with E-state index in [-0.39, 0.29) is 11.2 Å². The number of thiophene rings is 1. The summed E-state index contributed by atoms with van der Waals surface area (Å²) in [4.78, 5) is 14.6. The van der Waals surface area contributed by atoms with Gasteiger partial charge in [-0.1, -0.05) is 49.1 Å². The number of hydrogen-bond acceptors (Lipinski definition) is 3. The van der Waals surface area contributed by atoms with Crippen LogP contribution >= 0.6 is 11.3 Å². The zero-order valence-corrected chi connectivity index (χ0v) is 19.5. The Labute approximate surface area is 186 Å². The lowest BCUT2D eigenvalue weighted by atomic mass is 9.98. The summed E-state index contributed by atoms with van der Waals surface area (Å²) in [5.41, 5.74) is 3.50. The summed E-state index contributed by atoms with van der Waals surface area (Å²) >= 11 is 1.69. The fourth-order valence-electron chi connectivity index (χ4n) is 2.90. The molecule has 0 saturated heterocycles. The normalized spacial score (nSPS) is 11.9. The van der Waals surface area contributed by atoms with Crippen LogP contribution in [-0.2, 0) is 4.79 Å². The minimum atomic E-state index is 0.0356. The van der Waals surface area contributed by atoms with Crippen LogP contribution in [0.2, 0.25) is 0 Å². The molecule has 0 aliphatic heterocycles. The zero-order chi connectivity index (χ0) is 21.8. The SMILES string of the molecule is CCN(C/C=C/C#CC(C)(C)C)CCCC(=O)/C=C/c1cccc(-c2ccsc2)c1. The average Bonchev–Trinajstić information content (AvgIpc) is 3.25. The molecular formula is C27H33NOS. The van der Waals surface area contributed by atoms with Crippen LogP contribution in [0.5, 0.6) is 0 Å². The second kappa shape index (κ2) is 12.3. The van der Waals surface area contributed by atoms with E-state index in [1.54, 1.807) is 17.4 Å². The van der Waals surface area contributed by atoms with E-state index in [9.17, 15) is 4.79 Å². The van der Waals surface area contributed by atoms with Gasteiger partial charge in [0.25, 0.3) is 0 Å². The first kappa shape index (κ1) is 23.9. The topological polar surface area (TPSA) is 20.3 Å². The molecule has 2 rings (SSSR count). The maximum atomic E-state index is 12.3. The number of allylic oxidation sites excluding steroid dienone is 2. The molecule has 2 aromatic rings. The van der Waals surface area contributed by atoms with E-state index < -0.39 is 0 Å². The molecule has 1 aromatic carbocycles. The third-order valence-corrected chi connectivity index (χ3v) is 5.24. The summed E-state index contributed by atoms with van der Waals surface area (Å²) in [6.45, 7) is 11.2. The highest BCUT2D eigenvalue weighted by Gasteiger charge is 2.04. The van der Waals surface area contributed by atoms with E-state index in [0.29, 0.717) is 6.42 Å². The summed E-state index contributed by atoms with van der Waals surface area (Å²) in [6.07, 6.45) is 9.12. The molecule has 0 N–H and O–H groups in total. The van der Waals surface area contributed by atoms with Gasteiger partial charge in [-0.15, -0.1) is 0 Å². The second-order valence-corrected chi connectivity index (χ2v) is 9.14. The summed E-state index contributed by atoms with van der Waals surface area (Å²) in [7, 11) is 0. The predicted octanol–water partition coefficient (Wildman–Crippen LogP) is 6.71. The number of ketones is 1. The van der Waals surface area contributed by atoms with Crippen LogP contribution in [0.3, 0.4) is 0 Å². The van der Waals surface area contributed by atoms with Gasteiger partial charge >= 0.3 is 0 Å². The number of hydrogen-bond donors (Lipinski definition) is 0. The smallest absolute Gasteiger partial charge is 0.155 e. The summed E-state index contributed by atoms with van der Waals surface area (Å²) < 4.78 is 0. The molecule has 0 aliphatic carbocycles. The summed E-state index contributed by atoms with van der Waals surface area (Å²) in [6, 6.07) is 10.4. The van der Waals surface area contributed by atoms with Gasteiger partial charge in [0.2, 0.25) is 0 Å². The van der Waals surface area contributed by atoms with Gasteiger partial charge in [0.15, 0.2) is 5.78 Å². The standard InChI is InChI=1S/C27H33NOS/c1-5-28(18-8-6-7-17-27(2,3)4)19-10-13-26(29)15-14-23-11-9-12-24(21-23)25-16-20-30-22-25/h6,8-9,11-12,14-16,20-22H,5,10,13,18-19H2,1-4H3/b8-6+,15-14+. The first-order valence-electron chi connectivity index (χ1n) is 10.6. The molecule has 30 heavy (non-hydrogen) atoms. The Morgan fingerprint density at radius 3 is 2.73 bits per heavy atom. The van der Waals surface area contributed by atoms with Gasteiger partial charge in [-0.2, -0.15) is 11.3 Å². The third-order valence-electron chi connectivity index (χ3n) is 4.56. The van der Waals surface area contributed by atoms with Crippen molar-refractivity contribution in [2.24, 2.45) is 5.41 Å².